The van der Waals surface area contributed by atoms with E-state index in [0.717, 1.165) is 17.5 Å². The lowest BCUT2D eigenvalue weighted by Gasteiger charge is -2.33. The summed E-state index contributed by atoms with van der Waals surface area (Å²) in [7, 11) is 1.58. The van der Waals surface area contributed by atoms with Crippen LogP contribution < -0.4 is 5.32 Å². The second-order valence-corrected chi connectivity index (χ2v) is 8.05. The fourth-order valence-electron chi connectivity index (χ4n) is 3.67. The molecule has 1 aromatic carbocycles. The molecule has 2 unspecified atom stereocenters. The summed E-state index contributed by atoms with van der Waals surface area (Å²) in [5.41, 5.74) is 1.92. The third kappa shape index (κ3) is 7.38. The number of ether oxygens (including phenoxy) is 1. The lowest BCUT2D eigenvalue weighted by molar-refractivity contribution is -0.152. The smallest absolute Gasteiger partial charge is 0.310 e. The molecule has 8 nitrogen and oxygen atoms in total. The van der Waals surface area contributed by atoms with Gasteiger partial charge in [0.1, 0.15) is 0 Å². The number of nitrogens with one attached hydrogen (secondary N) is 1. The van der Waals surface area contributed by atoms with Crippen LogP contribution in [0.25, 0.3) is 0 Å². The van der Waals surface area contributed by atoms with Crippen LogP contribution in [0.1, 0.15) is 50.3 Å². The number of hydrogen-bond donors (Lipinski definition) is 1. The van der Waals surface area contributed by atoms with E-state index in [1.807, 2.05) is 31.2 Å². The highest BCUT2D eigenvalue weighted by atomic mass is 16.5. The minimum Gasteiger partial charge on any atom is -0.466 e. The van der Waals surface area contributed by atoms with E-state index in [1.165, 1.54) is 11.8 Å². The zero-order valence-electron chi connectivity index (χ0n) is 18.8. The molecule has 0 saturated carbocycles. The van der Waals surface area contributed by atoms with Crippen molar-refractivity contribution >= 4 is 23.7 Å². The van der Waals surface area contributed by atoms with Crippen molar-refractivity contribution in [2.75, 3.05) is 33.3 Å². The Balaban J connectivity index is 1.96. The zero-order valence-corrected chi connectivity index (χ0v) is 18.8. The second-order valence-electron chi connectivity index (χ2n) is 8.05. The molecule has 170 valence electrons. The number of piperidine rings is 1. The van der Waals surface area contributed by atoms with Crippen LogP contribution in [0.2, 0.25) is 0 Å². The lowest BCUT2D eigenvalue weighted by atomic mass is 9.98. The molecule has 0 bridgehead atoms. The number of esters is 1. The van der Waals surface area contributed by atoms with Crippen molar-refractivity contribution in [3.05, 3.63) is 35.4 Å². The molecule has 1 N–H and O–H groups in total. The summed E-state index contributed by atoms with van der Waals surface area (Å²) in [5.74, 6) is -1.26. The van der Waals surface area contributed by atoms with Gasteiger partial charge in [-0.1, -0.05) is 29.8 Å². The van der Waals surface area contributed by atoms with Gasteiger partial charge in [0.2, 0.25) is 17.7 Å². The maximum absolute atomic E-state index is 12.8. The predicted molar refractivity (Wildman–Crippen MR) is 116 cm³/mol. The molecule has 0 spiro atoms. The fourth-order valence-corrected chi connectivity index (χ4v) is 3.67. The first-order chi connectivity index (χ1) is 14.7. The predicted octanol–water partition coefficient (Wildman–Crippen LogP) is 1.82. The average Bonchev–Trinajstić information content (AvgIpc) is 2.73. The second kappa shape index (κ2) is 11.5. The van der Waals surface area contributed by atoms with Crippen LogP contribution >= 0.6 is 0 Å². The molecule has 0 aromatic heterocycles. The first kappa shape index (κ1) is 24.4. The Hall–Kier alpha value is -2.90. The van der Waals surface area contributed by atoms with Crippen molar-refractivity contribution < 1.29 is 23.9 Å². The Labute approximate surface area is 183 Å². The topological polar surface area (TPSA) is 96.0 Å². The van der Waals surface area contributed by atoms with Crippen LogP contribution in [0.5, 0.6) is 0 Å². The molecule has 2 atom stereocenters. The van der Waals surface area contributed by atoms with Crippen molar-refractivity contribution in [1.29, 1.82) is 0 Å². The maximum Gasteiger partial charge on any atom is 0.310 e. The third-order valence-electron chi connectivity index (χ3n) is 5.43. The molecule has 1 aromatic rings. The van der Waals surface area contributed by atoms with Crippen molar-refractivity contribution in [3.63, 3.8) is 0 Å². The minimum atomic E-state index is -0.466. The van der Waals surface area contributed by atoms with Crippen molar-refractivity contribution in [2.45, 2.75) is 46.1 Å². The van der Waals surface area contributed by atoms with Gasteiger partial charge in [0.25, 0.3) is 0 Å². The third-order valence-corrected chi connectivity index (χ3v) is 5.43. The molecular formula is C23H33N3O5. The van der Waals surface area contributed by atoms with Gasteiger partial charge in [-0.3, -0.25) is 19.2 Å². The first-order valence-electron chi connectivity index (χ1n) is 10.7. The number of likely N-dealkylation sites (N-methyl/N-ethyl adjacent to an activating group) is 1. The van der Waals surface area contributed by atoms with Gasteiger partial charge in [0, 0.05) is 27.1 Å². The molecule has 1 saturated heterocycles. The van der Waals surface area contributed by atoms with Crippen LogP contribution in [-0.4, -0.2) is 66.8 Å². The Morgan fingerprint density at radius 2 is 1.90 bits per heavy atom. The van der Waals surface area contributed by atoms with Gasteiger partial charge in [0.05, 0.1) is 31.5 Å². The SMILES string of the molecule is CCOC(=O)C1CCCN(C(=O)CN(C)C(=O)CC(NC(C)=O)c2ccc(C)cc2)C1. The van der Waals surface area contributed by atoms with E-state index in [-0.39, 0.29) is 42.6 Å². The van der Waals surface area contributed by atoms with Gasteiger partial charge in [-0.2, -0.15) is 0 Å². The highest BCUT2D eigenvalue weighted by Gasteiger charge is 2.30. The summed E-state index contributed by atoms with van der Waals surface area (Å²) < 4.78 is 5.08. The number of aryl methyl sites for hydroxylation is 1. The summed E-state index contributed by atoms with van der Waals surface area (Å²) in [6.07, 6.45) is 1.48. The maximum atomic E-state index is 12.8. The summed E-state index contributed by atoms with van der Waals surface area (Å²) in [6, 6.07) is 7.16. The molecular weight excluding hydrogens is 398 g/mol. The van der Waals surface area contributed by atoms with Crippen LogP contribution in [0, 0.1) is 12.8 Å². The lowest BCUT2D eigenvalue weighted by Crippen LogP contribution is -2.47. The van der Waals surface area contributed by atoms with E-state index < -0.39 is 6.04 Å². The van der Waals surface area contributed by atoms with Crippen molar-refractivity contribution in [2.24, 2.45) is 5.92 Å². The normalized spacial score (nSPS) is 16.9. The number of nitrogens with zero attached hydrogens (tertiary/aromatic N) is 2. The Morgan fingerprint density at radius 3 is 2.52 bits per heavy atom. The van der Waals surface area contributed by atoms with E-state index in [2.05, 4.69) is 5.32 Å². The van der Waals surface area contributed by atoms with Gasteiger partial charge in [-0.15, -0.1) is 0 Å². The molecule has 1 heterocycles. The monoisotopic (exact) mass is 431 g/mol. The summed E-state index contributed by atoms with van der Waals surface area (Å²) in [6.45, 7) is 6.26. The molecule has 2 rings (SSSR count). The van der Waals surface area contributed by atoms with E-state index in [4.69, 9.17) is 4.74 Å². The quantitative estimate of drug-likeness (QED) is 0.634. The Kier molecular flexibility index (Phi) is 9.03. The minimum absolute atomic E-state index is 0.0534. The molecule has 1 fully saturated rings. The fraction of sp³-hybridized carbons (Fsp3) is 0.565. The van der Waals surface area contributed by atoms with E-state index in [0.29, 0.717) is 26.1 Å². The van der Waals surface area contributed by atoms with Crippen LogP contribution in [-0.2, 0) is 23.9 Å². The molecule has 0 radical (unpaired) electrons. The number of carbonyl (C=O) groups is 4. The Bertz CT molecular complexity index is 793. The Morgan fingerprint density at radius 1 is 1.23 bits per heavy atom. The molecule has 31 heavy (non-hydrogen) atoms. The molecule has 3 amide bonds. The van der Waals surface area contributed by atoms with Crippen LogP contribution in [0.3, 0.4) is 0 Å². The van der Waals surface area contributed by atoms with Crippen molar-refractivity contribution in [1.82, 2.24) is 15.1 Å². The molecule has 1 aliphatic rings. The van der Waals surface area contributed by atoms with E-state index in [1.54, 1.807) is 18.9 Å². The van der Waals surface area contributed by atoms with Crippen LogP contribution in [0.4, 0.5) is 0 Å². The highest BCUT2D eigenvalue weighted by molar-refractivity contribution is 5.86. The van der Waals surface area contributed by atoms with Crippen LogP contribution in [0.15, 0.2) is 24.3 Å². The first-order valence-corrected chi connectivity index (χ1v) is 10.7. The molecule has 8 heteroatoms. The summed E-state index contributed by atoms with van der Waals surface area (Å²) >= 11 is 0. The average molecular weight is 432 g/mol. The zero-order chi connectivity index (χ0) is 23.0. The van der Waals surface area contributed by atoms with E-state index in [9.17, 15) is 19.2 Å². The number of rotatable bonds is 8. The van der Waals surface area contributed by atoms with Gasteiger partial charge in [-0.05, 0) is 32.3 Å². The highest BCUT2D eigenvalue weighted by Crippen LogP contribution is 2.20. The largest absolute Gasteiger partial charge is 0.466 e. The molecule has 0 aliphatic carbocycles. The standard InChI is InChI=1S/C23H33N3O5/c1-5-31-23(30)19-7-6-12-26(14-19)22(29)15-25(4)21(28)13-20(24-17(3)27)18-10-8-16(2)9-11-18/h8-11,19-20H,5-7,12-15H2,1-4H3,(H,24,27). The summed E-state index contributed by atoms with van der Waals surface area (Å²) in [4.78, 5) is 52.1. The van der Waals surface area contributed by atoms with Gasteiger partial charge in [0.15, 0.2) is 0 Å². The van der Waals surface area contributed by atoms with Gasteiger partial charge in [-0.25, -0.2) is 0 Å². The summed E-state index contributed by atoms with van der Waals surface area (Å²) in [5, 5.41) is 2.82. The molecule has 1 aliphatic heterocycles. The number of hydrogen-bond acceptors (Lipinski definition) is 5. The van der Waals surface area contributed by atoms with Crippen molar-refractivity contribution in [3.8, 4) is 0 Å². The number of amides is 3. The number of benzene rings is 1. The number of likely N-dealkylation sites (tertiary alicyclic amines) is 1. The number of carbonyl (C=O) groups excluding carboxylic acids is 4. The van der Waals surface area contributed by atoms with E-state index >= 15 is 0 Å². The van der Waals surface area contributed by atoms with Gasteiger partial charge < -0.3 is 19.9 Å². The van der Waals surface area contributed by atoms with Gasteiger partial charge >= 0.3 is 5.97 Å².